The number of amides is 1. The molecule has 0 aromatic heterocycles. The van der Waals surface area contributed by atoms with Gasteiger partial charge in [-0.15, -0.1) is 0 Å². The lowest BCUT2D eigenvalue weighted by Crippen LogP contribution is -2.48. The van der Waals surface area contributed by atoms with E-state index in [9.17, 15) is 9.59 Å². The molecule has 0 aromatic carbocycles. The lowest BCUT2D eigenvalue weighted by Gasteiger charge is -2.32. The van der Waals surface area contributed by atoms with Gasteiger partial charge in [0.15, 0.2) is 0 Å². The Morgan fingerprint density at radius 3 is 2.20 bits per heavy atom. The van der Waals surface area contributed by atoms with Crippen LogP contribution in [0.25, 0.3) is 0 Å². The second kappa shape index (κ2) is 6.36. The van der Waals surface area contributed by atoms with Crippen LogP contribution >= 0.6 is 0 Å². The topological polar surface area (TPSA) is 86.9 Å². The molecule has 88 valence electrons. The van der Waals surface area contributed by atoms with Crippen molar-refractivity contribution < 1.29 is 14.7 Å². The van der Waals surface area contributed by atoms with Crippen molar-refractivity contribution in [1.82, 2.24) is 10.0 Å². The SMILES string of the molecule is CCN(C(CCC(N)=O)C(=O)O)N(C)C. The fraction of sp³-hybridized carbons (Fsp3) is 0.778. The number of rotatable bonds is 7. The van der Waals surface area contributed by atoms with Gasteiger partial charge in [-0.25, -0.2) is 10.0 Å². The molecule has 0 bridgehead atoms. The molecule has 0 aliphatic rings. The number of hydrogen-bond acceptors (Lipinski definition) is 4. The normalized spacial score (nSPS) is 13.1. The van der Waals surface area contributed by atoms with Gasteiger partial charge in [0.2, 0.25) is 5.91 Å². The molecular formula is C9H19N3O3. The first-order valence-electron chi connectivity index (χ1n) is 4.85. The summed E-state index contributed by atoms with van der Waals surface area (Å²) in [5.74, 6) is -1.41. The van der Waals surface area contributed by atoms with Gasteiger partial charge < -0.3 is 10.8 Å². The van der Waals surface area contributed by atoms with Gasteiger partial charge in [0, 0.05) is 27.1 Å². The van der Waals surface area contributed by atoms with Crippen LogP contribution in [0.5, 0.6) is 0 Å². The zero-order valence-electron chi connectivity index (χ0n) is 9.43. The minimum atomic E-state index is -0.938. The molecule has 0 fully saturated rings. The molecule has 0 saturated heterocycles. The Hall–Kier alpha value is -1.14. The van der Waals surface area contributed by atoms with Crippen LogP contribution in [0.3, 0.4) is 0 Å². The lowest BCUT2D eigenvalue weighted by atomic mass is 10.1. The van der Waals surface area contributed by atoms with Crippen LogP contribution in [-0.2, 0) is 9.59 Å². The molecule has 3 N–H and O–H groups in total. The Balaban J connectivity index is 4.48. The zero-order valence-corrected chi connectivity index (χ0v) is 9.43. The maximum Gasteiger partial charge on any atom is 0.322 e. The Kier molecular flexibility index (Phi) is 5.88. The van der Waals surface area contributed by atoms with Gasteiger partial charge in [0.1, 0.15) is 6.04 Å². The summed E-state index contributed by atoms with van der Waals surface area (Å²) >= 11 is 0. The summed E-state index contributed by atoms with van der Waals surface area (Å²) in [7, 11) is 3.54. The summed E-state index contributed by atoms with van der Waals surface area (Å²) in [6.45, 7) is 2.43. The highest BCUT2D eigenvalue weighted by Gasteiger charge is 2.26. The average molecular weight is 217 g/mol. The van der Waals surface area contributed by atoms with Crippen molar-refractivity contribution in [3.63, 3.8) is 0 Å². The van der Waals surface area contributed by atoms with Crippen LogP contribution in [0.1, 0.15) is 19.8 Å². The molecule has 0 spiro atoms. The maximum absolute atomic E-state index is 11.0. The quantitative estimate of drug-likeness (QED) is 0.562. The molecule has 15 heavy (non-hydrogen) atoms. The smallest absolute Gasteiger partial charge is 0.322 e. The molecule has 0 radical (unpaired) electrons. The van der Waals surface area contributed by atoms with E-state index in [4.69, 9.17) is 10.8 Å². The highest BCUT2D eigenvalue weighted by molar-refractivity contribution is 5.77. The monoisotopic (exact) mass is 217 g/mol. The second-order valence-corrected chi connectivity index (χ2v) is 3.46. The van der Waals surface area contributed by atoms with Gasteiger partial charge >= 0.3 is 5.97 Å². The van der Waals surface area contributed by atoms with Crippen LogP contribution in [0.4, 0.5) is 0 Å². The maximum atomic E-state index is 11.0. The number of nitrogens with zero attached hydrogens (tertiary/aromatic N) is 2. The number of carboxylic acid groups (broad SMARTS) is 1. The molecule has 6 heteroatoms. The Morgan fingerprint density at radius 1 is 1.40 bits per heavy atom. The molecule has 0 aliphatic heterocycles. The number of likely N-dealkylation sites (N-methyl/N-ethyl adjacent to an activating group) is 1. The molecule has 1 amide bonds. The van der Waals surface area contributed by atoms with Crippen molar-refractivity contribution in [2.24, 2.45) is 5.73 Å². The van der Waals surface area contributed by atoms with Crippen LogP contribution in [0.2, 0.25) is 0 Å². The van der Waals surface area contributed by atoms with E-state index in [2.05, 4.69) is 0 Å². The van der Waals surface area contributed by atoms with Crippen LogP contribution in [0, 0.1) is 0 Å². The summed E-state index contributed by atoms with van der Waals surface area (Å²) in [6.07, 6.45) is 0.317. The number of nitrogens with two attached hydrogens (primary N) is 1. The number of primary amides is 1. The molecule has 0 aromatic rings. The molecule has 0 heterocycles. The Bertz CT molecular complexity index is 231. The second-order valence-electron chi connectivity index (χ2n) is 3.46. The van der Waals surface area contributed by atoms with Crippen molar-refractivity contribution >= 4 is 11.9 Å². The number of hydrazine groups is 1. The third-order valence-corrected chi connectivity index (χ3v) is 2.15. The van der Waals surface area contributed by atoms with Gasteiger partial charge in [-0.1, -0.05) is 6.92 Å². The number of hydrogen-bond donors (Lipinski definition) is 2. The van der Waals surface area contributed by atoms with Crippen LogP contribution in [0.15, 0.2) is 0 Å². The molecule has 6 nitrogen and oxygen atoms in total. The van der Waals surface area contributed by atoms with Gasteiger partial charge in [-0.3, -0.25) is 9.59 Å². The summed E-state index contributed by atoms with van der Waals surface area (Å²) < 4.78 is 0. The van der Waals surface area contributed by atoms with Crippen molar-refractivity contribution in [1.29, 1.82) is 0 Å². The minimum Gasteiger partial charge on any atom is -0.480 e. The van der Waals surface area contributed by atoms with Crippen molar-refractivity contribution in [3.05, 3.63) is 0 Å². The van der Waals surface area contributed by atoms with Crippen LogP contribution < -0.4 is 5.73 Å². The molecular weight excluding hydrogens is 198 g/mol. The molecule has 0 rings (SSSR count). The van der Waals surface area contributed by atoms with Crippen LogP contribution in [-0.4, -0.2) is 53.7 Å². The Morgan fingerprint density at radius 2 is 1.93 bits per heavy atom. The third kappa shape index (κ3) is 4.75. The van der Waals surface area contributed by atoms with Crippen molar-refractivity contribution in [3.8, 4) is 0 Å². The predicted molar refractivity (Wildman–Crippen MR) is 55.9 cm³/mol. The first-order chi connectivity index (χ1) is 6.90. The fourth-order valence-corrected chi connectivity index (χ4v) is 1.46. The molecule has 1 atom stereocenters. The predicted octanol–water partition coefficient (Wildman–Crippen LogP) is -0.496. The number of carboxylic acids is 1. The van der Waals surface area contributed by atoms with E-state index in [1.54, 1.807) is 24.1 Å². The number of aliphatic carboxylic acids is 1. The summed E-state index contributed by atoms with van der Waals surface area (Å²) in [4.78, 5) is 21.6. The number of carbonyl (C=O) groups excluding carboxylic acids is 1. The van der Waals surface area contributed by atoms with Gasteiger partial charge in [-0.05, 0) is 6.42 Å². The largest absolute Gasteiger partial charge is 0.480 e. The molecule has 0 aliphatic carbocycles. The highest BCUT2D eigenvalue weighted by atomic mass is 16.4. The lowest BCUT2D eigenvalue weighted by molar-refractivity contribution is -0.151. The van der Waals surface area contributed by atoms with Crippen molar-refractivity contribution in [2.45, 2.75) is 25.8 Å². The van der Waals surface area contributed by atoms with Gasteiger partial charge in [-0.2, -0.15) is 0 Å². The van der Waals surface area contributed by atoms with E-state index in [1.165, 1.54) is 0 Å². The fourth-order valence-electron chi connectivity index (χ4n) is 1.46. The average Bonchev–Trinajstić information content (AvgIpc) is 2.10. The standard InChI is InChI=1S/C9H19N3O3/c1-4-12(11(2)3)7(9(14)15)5-6-8(10)13/h7H,4-6H2,1-3H3,(H2,10,13)(H,14,15). The Labute approximate surface area is 89.6 Å². The van der Waals surface area contributed by atoms with E-state index in [1.807, 2.05) is 6.92 Å². The highest BCUT2D eigenvalue weighted by Crippen LogP contribution is 2.08. The van der Waals surface area contributed by atoms with E-state index < -0.39 is 17.9 Å². The van der Waals surface area contributed by atoms with E-state index in [0.29, 0.717) is 6.54 Å². The number of carbonyl (C=O) groups is 2. The minimum absolute atomic E-state index is 0.0846. The summed E-state index contributed by atoms with van der Waals surface area (Å²) in [5.41, 5.74) is 4.99. The van der Waals surface area contributed by atoms with E-state index in [0.717, 1.165) is 0 Å². The first kappa shape index (κ1) is 13.9. The molecule has 0 saturated carbocycles. The van der Waals surface area contributed by atoms with Gasteiger partial charge in [0.25, 0.3) is 0 Å². The summed E-state index contributed by atoms with van der Waals surface area (Å²) in [6, 6.07) is -0.697. The van der Waals surface area contributed by atoms with E-state index in [-0.39, 0.29) is 12.8 Å². The first-order valence-corrected chi connectivity index (χ1v) is 4.85. The third-order valence-electron chi connectivity index (χ3n) is 2.15. The van der Waals surface area contributed by atoms with E-state index >= 15 is 0 Å². The zero-order chi connectivity index (χ0) is 12.0. The van der Waals surface area contributed by atoms with Crippen molar-refractivity contribution in [2.75, 3.05) is 20.6 Å². The molecule has 1 unspecified atom stereocenters. The summed E-state index contributed by atoms with van der Waals surface area (Å²) in [5, 5.41) is 12.4. The van der Waals surface area contributed by atoms with Gasteiger partial charge in [0.05, 0.1) is 0 Å².